The highest BCUT2D eigenvalue weighted by Crippen LogP contribution is 2.06. The van der Waals surface area contributed by atoms with Gasteiger partial charge in [0.1, 0.15) is 11.5 Å². The normalized spacial score (nSPS) is 9.80. The van der Waals surface area contributed by atoms with Crippen LogP contribution in [0.25, 0.3) is 0 Å². The summed E-state index contributed by atoms with van der Waals surface area (Å²) in [6.07, 6.45) is 0. The molecule has 0 bridgehead atoms. The lowest BCUT2D eigenvalue weighted by atomic mass is 10.3. The number of rotatable bonds is 4. The van der Waals surface area contributed by atoms with E-state index < -0.39 is 0 Å². The van der Waals surface area contributed by atoms with Crippen LogP contribution in [0.15, 0.2) is 18.2 Å². The zero-order valence-corrected chi connectivity index (χ0v) is 9.03. The lowest BCUT2D eigenvalue weighted by Crippen LogP contribution is -2.31. The highest BCUT2D eigenvalue weighted by Gasteiger charge is 2.13. The number of anilines is 1. The molecule has 0 aliphatic rings. The van der Waals surface area contributed by atoms with Crippen LogP contribution in [-0.4, -0.2) is 28.9 Å². The number of nitrogen functional groups attached to an aromatic ring is 1. The molecule has 0 atom stereocenters. The van der Waals surface area contributed by atoms with Crippen molar-refractivity contribution in [2.24, 2.45) is 5.84 Å². The van der Waals surface area contributed by atoms with Gasteiger partial charge >= 0.3 is 0 Å². The molecule has 0 saturated carbocycles. The monoisotopic (exact) mass is 208 g/mol. The van der Waals surface area contributed by atoms with E-state index >= 15 is 0 Å². The van der Waals surface area contributed by atoms with Crippen molar-refractivity contribution in [3.63, 3.8) is 0 Å². The second-order valence-electron chi connectivity index (χ2n) is 3.03. The van der Waals surface area contributed by atoms with Crippen molar-refractivity contribution in [2.45, 2.75) is 13.8 Å². The molecule has 5 nitrogen and oxygen atoms in total. The Balaban J connectivity index is 2.90. The summed E-state index contributed by atoms with van der Waals surface area (Å²) in [4.78, 5) is 17.7. The molecule has 0 unspecified atom stereocenters. The zero-order valence-electron chi connectivity index (χ0n) is 9.03. The smallest absolute Gasteiger partial charge is 0.272 e. The summed E-state index contributed by atoms with van der Waals surface area (Å²) >= 11 is 0. The summed E-state index contributed by atoms with van der Waals surface area (Å²) in [7, 11) is 0. The maximum atomic E-state index is 11.9. The fourth-order valence-electron chi connectivity index (χ4n) is 1.31. The summed E-state index contributed by atoms with van der Waals surface area (Å²) in [5.74, 6) is 5.64. The quantitative estimate of drug-likeness (QED) is 0.568. The predicted molar refractivity (Wildman–Crippen MR) is 59.3 cm³/mol. The number of amides is 1. The van der Waals surface area contributed by atoms with Gasteiger partial charge in [-0.25, -0.2) is 10.8 Å². The zero-order chi connectivity index (χ0) is 11.3. The van der Waals surface area contributed by atoms with E-state index in [1.807, 2.05) is 13.8 Å². The van der Waals surface area contributed by atoms with E-state index in [-0.39, 0.29) is 5.91 Å². The maximum Gasteiger partial charge on any atom is 0.272 e. The van der Waals surface area contributed by atoms with Crippen LogP contribution >= 0.6 is 0 Å². The fraction of sp³-hybridized carbons (Fsp3) is 0.400. The Kier molecular flexibility index (Phi) is 4.05. The van der Waals surface area contributed by atoms with Gasteiger partial charge in [-0.3, -0.25) is 4.79 Å². The third-order valence-electron chi connectivity index (χ3n) is 2.17. The van der Waals surface area contributed by atoms with Gasteiger partial charge in [0.2, 0.25) is 0 Å². The molecule has 1 heterocycles. The van der Waals surface area contributed by atoms with Crippen LogP contribution in [-0.2, 0) is 0 Å². The molecule has 0 radical (unpaired) electrons. The molecule has 3 N–H and O–H groups in total. The topological polar surface area (TPSA) is 71.2 Å². The number of nitrogens with one attached hydrogen (secondary N) is 1. The molecule has 0 fully saturated rings. The summed E-state index contributed by atoms with van der Waals surface area (Å²) in [5.41, 5.74) is 2.83. The lowest BCUT2D eigenvalue weighted by molar-refractivity contribution is 0.0767. The molecule has 15 heavy (non-hydrogen) atoms. The fourth-order valence-corrected chi connectivity index (χ4v) is 1.31. The van der Waals surface area contributed by atoms with Crippen molar-refractivity contribution in [3.8, 4) is 0 Å². The molecule has 1 aromatic heterocycles. The minimum atomic E-state index is -0.0721. The van der Waals surface area contributed by atoms with E-state index in [0.717, 1.165) is 0 Å². The number of carbonyl (C=O) groups is 1. The van der Waals surface area contributed by atoms with Crippen LogP contribution in [0.3, 0.4) is 0 Å². The Morgan fingerprint density at radius 1 is 1.47 bits per heavy atom. The van der Waals surface area contributed by atoms with E-state index in [1.54, 1.807) is 23.1 Å². The second kappa shape index (κ2) is 5.31. The number of hydrogen-bond acceptors (Lipinski definition) is 4. The molecule has 0 aliphatic heterocycles. The van der Waals surface area contributed by atoms with E-state index in [1.165, 1.54) is 0 Å². The van der Waals surface area contributed by atoms with Crippen molar-refractivity contribution < 1.29 is 4.79 Å². The van der Waals surface area contributed by atoms with Gasteiger partial charge in [0.15, 0.2) is 0 Å². The second-order valence-corrected chi connectivity index (χ2v) is 3.03. The SMILES string of the molecule is CCN(CC)C(=O)c1cccc(NN)n1. The van der Waals surface area contributed by atoms with Crippen molar-refractivity contribution >= 4 is 11.7 Å². The first kappa shape index (κ1) is 11.5. The van der Waals surface area contributed by atoms with Crippen LogP contribution in [0.4, 0.5) is 5.82 Å². The van der Waals surface area contributed by atoms with Crippen LogP contribution in [0, 0.1) is 0 Å². The minimum Gasteiger partial charge on any atom is -0.338 e. The first-order valence-corrected chi connectivity index (χ1v) is 4.95. The van der Waals surface area contributed by atoms with Gasteiger partial charge in [-0.1, -0.05) is 6.07 Å². The molecule has 1 amide bonds. The number of nitrogens with two attached hydrogens (primary N) is 1. The van der Waals surface area contributed by atoms with E-state index in [9.17, 15) is 4.79 Å². The van der Waals surface area contributed by atoms with Gasteiger partial charge in [-0.2, -0.15) is 0 Å². The number of hydrazine groups is 1. The van der Waals surface area contributed by atoms with Gasteiger partial charge in [-0.15, -0.1) is 0 Å². The molecule has 0 saturated heterocycles. The van der Waals surface area contributed by atoms with Crippen molar-refractivity contribution in [1.82, 2.24) is 9.88 Å². The third-order valence-corrected chi connectivity index (χ3v) is 2.17. The third kappa shape index (κ3) is 2.66. The summed E-state index contributed by atoms with van der Waals surface area (Å²) < 4.78 is 0. The van der Waals surface area contributed by atoms with E-state index in [4.69, 9.17) is 5.84 Å². The van der Waals surface area contributed by atoms with Gasteiger partial charge in [0, 0.05) is 13.1 Å². The number of nitrogens with zero attached hydrogens (tertiary/aromatic N) is 2. The first-order chi connectivity index (χ1) is 7.22. The minimum absolute atomic E-state index is 0.0721. The Bertz CT molecular complexity index is 336. The number of carbonyl (C=O) groups excluding carboxylic acids is 1. The summed E-state index contributed by atoms with van der Waals surface area (Å²) in [6.45, 7) is 5.23. The molecular weight excluding hydrogens is 192 g/mol. The standard InChI is InChI=1S/C10H16N4O/c1-3-14(4-2)10(15)8-6-5-7-9(12-8)13-11/h5-7H,3-4,11H2,1-2H3,(H,12,13). The van der Waals surface area contributed by atoms with Crippen molar-refractivity contribution in [3.05, 3.63) is 23.9 Å². The molecule has 82 valence electrons. The molecule has 1 rings (SSSR count). The number of hydrogen-bond donors (Lipinski definition) is 2. The molecule has 5 heteroatoms. The largest absolute Gasteiger partial charge is 0.338 e. The molecule has 0 aliphatic carbocycles. The van der Waals surface area contributed by atoms with E-state index in [2.05, 4.69) is 10.4 Å². The predicted octanol–water partition coefficient (Wildman–Crippen LogP) is 0.849. The molecular formula is C10H16N4O. The van der Waals surface area contributed by atoms with Gasteiger partial charge < -0.3 is 10.3 Å². The molecule has 1 aromatic rings. The van der Waals surface area contributed by atoms with Crippen LogP contribution in [0.1, 0.15) is 24.3 Å². The molecule has 0 spiro atoms. The lowest BCUT2D eigenvalue weighted by Gasteiger charge is -2.18. The van der Waals surface area contributed by atoms with E-state index in [0.29, 0.717) is 24.6 Å². The highest BCUT2D eigenvalue weighted by atomic mass is 16.2. The Morgan fingerprint density at radius 3 is 2.67 bits per heavy atom. The Morgan fingerprint density at radius 2 is 2.13 bits per heavy atom. The Labute approximate surface area is 89.3 Å². The van der Waals surface area contributed by atoms with Gasteiger partial charge in [-0.05, 0) is 26.0 Å². The highest BCUT2D eigenvalue weighted by molar-refractivity contribution is 5.92. The number of aromatic nitrogens is 1. The van der Waals surface area contributed by atoms with Crippen LogP contribution in [0.2, 0.25) is 0 Å². The van der Waals surface area contributed by atoms with Crippen molar-refractivity contribution in [1.29, 1.82) is 0 Å². The first-order valence-electron chi connectivity index (χ1n) is 4.95. The van der Waals surface area contributed by atoms with Crippen molar-refractivity contribution in [2.75, 3.05) is 18.5 Å². The van der Waals surface area contributed by atoms with Crippen LogP contribution < -0.4 is 11.3 Å². The number of pyridine rings is 1. The maximum absolute atomic E-state index is 11.9. The average molecular weight is 208 g/mol. The Hall–Kier alpha value is -1.62. The average Bonchev–Trinajstić information content (AvgIpc) is 2.30. The van der Waals surface area contributed by atoms with Gasteiger partial charge in [0.25, 0.3) is 5.91 Å². The summed E-state index contributed by atoms with van der Waals surface area (Å²) in [5, 5.41) is 0. The van der Waals surface area contributed by atoms with Gasteiger partial charge in [0.05, 0.1) is 0 Å². The molecule has 0 aromatic carbocycles. The van der Waals surface area contributed by atoms with Crippen LogP contribution in [0.5, 0.6) is 0 Å². The summed E-state index contributed by atoms with van der Waals surface area (Å²) in [6, 6.07) is 5.14.